The van der Waals surface area contributed by atoms with Crippen molar-refractivity contribution >= 4 is 29.4 Å². The van der Waals surface area contributed by atoms with Crippen molar-refractivity contribution in [3.63, 3.8) is 0 Å². The summed E-state index contributed by atoms with van der Waals surface area (Å²) in [5.41, 5.74) is 1.12. The van der Waals surface area contributed by atoms with Gasteiger partial charge >= 0.3 is 5.97 Å². The summed E-state index contributed by atoms with van der Waals surface area (Å²) in [6.07, 6.45) is 7.00. The number of rotatable bonds is 4. The number of amides is 3. The summed E-state index contributed by atoms with van der Waals surface area (Å²) in [6.45, 7) is 7.40. The fourth-order valence-electron chi connectivity index (χ4n) is 6.81. The van der Waals surface area contributed by atoms with Crippen molar-refractivity contribution in [2.24, 2.45) is 11.8 Å². The summed E-state index contributed by atoms with van der Waals surface area (Å²) in [6, 6.07) is 4.04. The number of aliphatic hydroxyl groups is 1. The number of anilines is 1. The first kappa shape index (κ1) is 29.0. The number of cyclic esters (lactones) is 1. The molecule has 4 aliphatic heterocycles. The highest BCUT2D eigenvalue weighted by atomic mass is 16.6. The molecule has 10 heteroatoms. The van der Waals surface area contributed by atoms with Gasteiger partial charge in [0.1, 0.15) is 23.7 Å². The molecule has 0 aliphatic carbocycles. The van der Waals surface area contributed by atoms with Gasteiger partial charge in [-0.05, 0) is 44.7 Å². The maximum Gasteiger partial charge on any atom is 0.313 e. The second-order valence-electron chi connectivity index (χ2n) is 11.4. The summed E-state index contributed by atoms with van der Waals surface area (Å²) < 4.78 is 12.1. The van der Waals surface area contributed by atoms with Crippen LogP contribution >= 0.6 is 0 Å². The Morgan fingerprint density at radius 3 is 2.54 bits per heavy atom. The Morgan fingerprint density at radius 1 is 1.12 bits per heavy atom. The lowest BCUT2D eigenvalue weighted by Crippen LogP contribution is -2.58. The molecule has 10 nitrogen and oxygen atoms in total. The number of allylic oxidation sites excluding steroid dienone is 1. The molecule has 0 radical (unpaired) electrons. The Labute approximate surface area is 240 Å². The number of likely N-dealkylation sites (tertiary alicyclic amines) is 1. The van der Waals surface area contributed by atoms with Gasteiger partial charge in [-0.3, -0.25) is 19.2 Å². The molecule has 1 aromatic carbocycles. The lowest BCUT2D eigenvalue weighted by molar-refractivity contribution is -0.159. The summed E-state index contributed by atoms with van der Waals surface area (Å²) in [7, 11) is 0. The number of nitrogens with zero attached hydrogens (tertiary/aromatic N) is 2. The summed E-state index contributed by atoms with van der Waals surface area (Å²) in [5, 5.41) is 13.1. The highest BCUT2D eigenvalue weighted by molar-refractivity contribution is 6.06. The average Bonchev–Trinajstić information content (AvgIpc) is 3.58. The summed E-state index contributed by atoms with van der Waals surface area (Å²) >= 11 is 0. The minimum atomic E-state index is -1.38. The highest BCUT2D eigenvalue weighted by Gasteiger charge is 2.74. The monoisotopic (exact) mass is 565 g/mol. The van der Waals surface area contributed by atoms with Crippen molar-refractivity contribution in [3.05, 3.63) is 53.6 Å². The summed E-state index contributed by atoms with van der Waals surface area (Å²) in [4.78, 5) is 58.1. The van der Waals surface area contributed by atoms with Gasteiger partial charge in [-0.1, -0.05) is 49.4 Å². The number of ether oxygens (including phenoxy) is 2. The summed E-state index contributed by atoms with van der Waals surface area (Å²) in [5.74, 6) is -3.47. The third kappa shape index (κ3) is 4.86. The van der Waals surface area contributed by atoms with E-state index in [0.717, 1.165) is 16.8 Å². The van der Waals surface area contributed by atoms with Crippen molar-refractivity contribution in [1.82, 2.24) is 10.2 Å². The maximum atomic E-state index is 14.8. The molecule has 220 valence electrons. The smallest absolute Gasteiger partial charge is 0.313 e. The Kier molecular flexibility index (Phi) is 8.07. The van der Waals surface area contributed by atoms with E-state index in [-0.39, 0.29) is 37.9 Å². The molecule has 7 atom stereocenters. The van der Waals surface area contributed by atoms with E-state index in [4.69, 9.17) is 9.47 Å². The van der Waals surface area contributed by atoms with E-state index >= 15 is 0 Å². The highest BCUT2D eigenvalue weighted by Crippen LogP contribution is 2.56. The number of esters is 1. The van der Waals surface area contributed by atoms with Crippen LogP contribution in [0, 0.1) is 25.7 Å². The van der Waals surface area contributed by atoms with Gasteiger partial charge in [0, 0.05) is 18.7 Å². The van der Waals surface area contributed by atoms with Crippen LogP contribution in [0.2, 0.25) is 0 Å². The molecule has 0 unspecified atom stereocenters. The van der Waals surface area contributed by atoms with Crippen LogP contribution in [0.5, 0.6) is 0 Å². The molecule has 1 aromatic rings. The molecule has 1 spiro atoms. The number of aryl methyl sites for hydroxylation is 2. The van der Waals surface area contributed by atoms with E-state index in [9.17, 15) is 24.3 Å². The van der Waals surface area contributed by atoms with E-state index in [1.807, 2.05) is 51.1 Å². The zero-order valence-corrected chi connectivity index (χ0v) is 24.0. The lowest BCUT2D eigenvalue weighted by atomic mass is 9.74. The predicted molar refractivity (Wildman–Crippen MR) is 151 cm³/mol. The number of hydrogen-bond donors (Lipinski definition) is 2. The Bertz CT molecular complexity index is 1270. The van der Waals surface area contributed by atoms with Gasteiger partial charge in [0.15, 0.2) is 0 Å². The lowest BCUT2D eigenvalue weighted by Gasteiger charge is -2.39. The van der Waals surface area contributed by atoms with Crippen LogP contribution in [0.25, 0.3) is 0 Å². The average molecular weight is 566 g/mol. The van der Waals surface area contributed by atoms with Gasteiger partial charge in [-0.15, -0.1) is 0 Å². The number of para-hydroxylation sites is 1. The minimum absolute atomic E-state index is 0.141. The van der Waals surface area contributed by atoms with Crippen molar-refractivity contribution in [3.8, 4) is 0 Å². The molecule has 2 saturated heterocycles. The number of nitrogens with one attached hydrogen (secondary N) is 1. The molecule has 3 amide bonds. The molecule has 0 saturated carbocycles. The predicted octanol–water partition coefficient (Wildman–Crippen LogP) is 1.96. The number of hydrogen-bond acceptors (Lipinski definition) is 7. The topological polar surface area (TPSA) is 125 Å². The Balaban J connectivity index is 1.65. The first-order valence-corrected chi connectivity index (χ1v) is 14.4. The van der Waals surface area contributed by atoms with Gasteiger partial charge in [0.25, 0.3) is 5.91 Å². The Hall–Kier alpha value is -3.50. The maximum absolute atomic E-state index is 14.8. The van der Waals surface area contributed by atoms with Crippen molar-refractivity contribution in [1.29, 1.82) is 0 Å². The van der Waals surface area contributed by atoms with Gasteiger partial charge in [-0.25, -0.2) is 0 Å². The van der Waals surface area contributed by atoms with Crippen LogP contribution in [-0.4, -0.2) is 83.3 Å². The van der Waals surface area contributed by atoms with Crippen LogP contribution in [-0.2, 0) is 28.7 Å². The number of carbonyl (C=O) groups is 4. The molecule has 2 N–H and O–H groups in total. The van der Waals surface area contributed by atoms with E-state index in [2.05, 4.69) is 5.32 Å². The van der Waals surface area contributed by atoms with E-state index in [0.29, 0.717) is 12.8 Å². The van der Waals surface area contributed by atoms with Crippen molar-refractivity contribution in [2.75, 3.05) is 24.6 Å². The van der Waals surface area contributed by atoms with Crippen LogP contribution in [0.3, 0.4) is 0 Å². The molecular weight excluding hydrogens is 526 g/mol. The van der Waals surface area contributed by atoms with E-state index < -0.39 is 53.6 Å². The molecule has 5 rings (SSSR count). The van der Waals surface area contributed by atoms with Crippen LogP contribution in [0.15, 0.2) is 42.5 Å². The minimum Gasteiger partial charge on any atom is -0.460 e. The molecule has 41 heavy (non-hydrogen) atoms. The fraction of sp³-hybridized carbons (Fsp3) is 0.548. The number of benzene rings is 1. The standard InChI is InChI=1S/C31H39N3O7/c1-5-21(17-35)34-27-29(38)33(26-18(2)10-9-11-19(26)3)15-8-6-7-12-23(36)32-16-20(4)40-30(39)24-22-13-14-31(27,41-22)25(24)28(34)37/h6,8-11,13-14,20-22,24-25,27,35H,5,7,12,15-17H2,1-4H3,(H,32,36)/b8-6-/t20-,21+,22+,24-,25-,27+,31-/m1/s1. The molecule has 5 bridgehead atoms. The zero-order valence-electron chi connectivity index (χ0n) is 24.0. The quantitative estimate of drug-likeness (QED) is 0.422. The molecule has 4 heterocycles. The van der Waals surface area contributed by atoms with Gasteiger partial charge in [-0.2, -0.15) is 0 Å². The van der Waals surface area contributed by atoms with E-state index in [1.165, 1.54) is 4.90 Å². The molecule has 4 aliphatic rings. The van der Waals surface area contributed by atoms with Crippen molar-refractivity contribution in [2.45, 2.75) is 76.9 Å². The third-order valence-electron chi connectivity index (χ3n) is 8.77. The number of carbonyl (C=O) groups excluding carboxylic acids is 4. The second kappa shape index (κ2) is 11.4. The van der Waals surface area contributed by atoms with Crippen LogP contribution < -0.4 is 10.2 Å². The van der Waals surface area contributed by atoms with Crippen LogP contribution in [0.1, 0.15) is 44.2 Å². The number of fused-ring (bicyclic) bond motifs is 2. The normalized spacial score (nSPS) is 33.5. The zero-order chi connectivity index (χ0) is 29.5. The molecule has 2 fully saturated rings. The Morgan fingerprint density at radius 2 is 1.85 bits per heavy atom. The SMILES string of the molecule is CC[C@@H](CO)N1C(=O)[C@H]2[C@@H]3C(=O)O[C@H](C)CNC(=O)CC/C=C\CN(c4c(C)cccc4C)C(=O)[C@H]1[C@@]21C=C[C@@H]3O1. The van der Waals surface area contributed by atoms with Gasteiger partial charge in [0.05, 0.1) is 31.2 Å². The van der Waals surface area contributed by atoms with E-state index in [1.54, 1.807) is 24.0 Å². The molecule has 0 aromatic heterocycles. The largest absolute Gasteiger partial charge is 0.460 e. The third-order valence-corrected chi connectivity index (χ3v) is 8.77. The fourth-order valence-corrected chi connectivity index (χ4v) is 6.81. The van der Waals surface area contributed by atoms with Gasteiger partial charge in [0.2, 0.25) is 11.8 Å². The van der Waals surface area contributed by atoms with Gasteiger partial charge < -0.3 is 29.7 Å². The second-order valence-corrected chi connectivity index (χ2v) is 11.4. The van der Waals surface area contributed by atoms with Crippen molar-refractivity contribution < 1.29 is 33.8 Å². The first-order valence-electron chi connectivity index (χ1n) is 14.4. The number of aliphatic hydroxyl groups excluding tert-OH is 1. The molecular formula is C31H39N3O7. The first-order chi connectivity index (χ1) is 19.6. The van der Waals surface area contributed by atoms with Crippen LogP contribution in [0.4, 0.5) is 5.69 Å².